The molecule has 0 fully saturated rings. The highest BCUT2D eigenvalue weighted by Gasteiger charge is 2.36. The molecule has 1 atom stereocenters. The summed E-state index contributed by atoms with van der Waals surface area (Å²) in [6.07, 6.45) is -9.40. The Kier molecular flexibility index (Phi) is 7.23. The van der Waals surface area contributed by atoms with Gasteiger partial charge in [-0.15, -0.1) is 26.3 Å². The third-order valence-electron chi connectivity index (χ3n) is 4.34. The number of carbonyl (C=O) groups is 1. The Balaban J connectivity index is 1.73. The maximum atomic E-state index is 12.6. The molecule has 0 aliphatic rings. The van der Waals surface area contributed by atoms with E-state index in [9.17, 15) is 31.1 Å². The van der Waals surface area contributed by atoms with Crippen molar-refractivity contribution in [3.05, 3.63) is 71.6 Å². The van der Waals surface area contributed by atoms with Crippen LogP contribution in [0.2, 0.25) is 0 Å². The van der Waals surface area contributed by atoms with E-state index >= 15 is 0 Å². The van der Waals surface area contributed by atoms with Gasteiger partial charge >= 0.3 is 18.7 Å². The molecule has 7 nitrogen and oxygen atoms in total. The second-order valence-corrected chi connectivity index (χ2v) is 6.81. The van der Waals surface area contributed by atoms with E-state index < -0.39 is 36.1 Å². The van der Waals surface area contributed by atoms with Crippen LogP contribution in [0.15, 0.2) is 59.3 Å². The predicted octanol–water partition coefficient (Wildman–Crippen LogP) is 5.66. The number of halogens is 6. The quantitative estimate of drug-likeness (QED) is 0.387. The molecule has 1 N–H and O–H groups in total. The number of carboxylic acids is 1. The molecule has 0 saturated heterocycles. The molecule has 13 heteroatoms. The number of alkyl halides is 6. The van der Waals surface area contributed by atoms with Gasteiger partial charge in [-0.3, -0.25) is 4.79 Å². The Labute approximate surface area is 187 Å². The van der Waals surface area contributed by atoms with Gasteiger partial charge < -0.3 is 23.8 Å². The van der Waals surface area contributed by atoms with Crippen LogP contribution in [0.4, 0.5) is 26.3 Å². The maximum absolute atomic E-state index is 12.6. The molecular weight excluding hydrogens is 476 g/mol. The predicted molar refractivity (Wildman–Crippen MR) is 101 cm³/mol. The van der Waals surface area contributed by atoms with Crippen LogP contribution in [0.3, 0.4) is 0 Å². The number of benzene rings is 2. The molecule has 0 unspecified atom stereocenters. The van der Waals surface area contributed by atoms with Gasteiger partial charge in [-0.25, -0.2) is 0 Å². The first-order valence-corrected chi connectivity index (χ1v) is 9.39. The lowest BCUT2D eigenvalue weighted by Gasteiger charge is -2.17. The third kappa shape index (κ3) is 7.32. The summed E-state index contributed by atoms with van der Waals surface area (Å²) < 4.78 is 92.5. The normalized spacial score (nSPS) is 12.8. The number of carboxylic acid groups (broad SMARTS) is 1. The first-order chi connectivity index (χ1) is 15.9. The Bertz CT molecular complexity index is 1100. The fourth-order valence-electron chi connectivity index (χ4n) is 2.99. The summed E-state index contributed by atoms with van der Waals surface area (Å²) in [5, 5.41) is 12.9. The molecule has 1 heterocycles. The van der Waals surface area contributed by atoms with Crippen molar-refractivity contribution in [2.24, 2.45) is 0 Å². The minimum absolute atomic E-state index is 0.0733. The smallest absolute Gasteiger partial charge is 0.489 e. The van der Waals surface area contributed by atoms with Crippen LogP contribution < -0.4 is 14.2 Å². The van der Waals surface area contributed by atoms with Crippen molar-refractivity contribution in [1.82, 2.24) is 5.16 Å². The first-order valence-electron chi connectivity index (χ1n) is 9.39. The van der Waals surface area contributed by atoms with E-state index in [1.165, 1.54) is 24.5 Å². The van der Waals surface area contributed by atoms with E-state index in [2.05, 4.69) is 14.6 Å². The number of aromatic nitrogens is 1. The lowest BCUT2D eigenvalue weighted by molar-refractivity contribution is -0.287. The second kappa shape index (κ2) is 9.93. The van der Waals surface area contributed by atoms with E-state index in [4.69, 9.17) is 14.4 Å². The van der Waals surface area contributed by atoms with Crippen molar-refractivity contribution >= 4 is 5.97 Å². The van der Waals surface area contributed by atoms with Crippen LogP contribution in [0.5, 0.6) is 17.2 Å². The van der Waals surface area contributed by atoms with Crippen molar-refractivity contribution in [3.63, 3.8) is 0 Å². The molecule has 34 heavy (non-hydrogen) atoms. The first kappa shape index (κ1) is 24.7. The Hall–Kier alpha value is -3.90. The zero-order valence-electron chi connectivity index (χ0n) is 16.9. The highest BCUT2D eigenvalue weighted by molar-refractivity contribution is 5.68. The number of hydrogen-bond acceptors (Lipinski definition) is 6. The van der Waals surface area contributed by atoms with E-state index in [0.717, 1.165) is 12.1 Å². The van der Waals surface area contributed by atoms with Crippen LogP contribution in [0.1, 0.15) is 29.2 Å². The zero-order valence-corrected chi connectivity index (χ0v) is 16.9. The molecule has 0 bridgehead atoms. The van der Waals surface area contributed by atoms with Gasteiger partial charge in [0.1, 0.15) is 18.6 Å². The van der Waals surface area contributed by atoms with Crippen molar-refractivity contribution in [3.8, 4) is 17.2 Å². The summed E-state index contributed by atoms with van der Waals surface area (Å²) in [5.74, 6) is -3.70. The summed E-state index contributed by atoms with van der Waals surface area (Å²) in [6.45, 7) is -0.304. The summed E-state index contributed by atoms with van der Waals surface area (Å²) in [7, 11) is 0. The van der Waals surface area contributed by atoms with Crippen molar-refractivity contribution in [1.29, 1.82) is 0 Å². The van der Waals surface area contributed by atoms with Crippen LogP contribution in [0.25, 0.3) is 0 Å². The fourth-order valence-corrected chi connectivity index (χ4v) is 2.99. The number of ether oxygens (including phenoxy) is 3. The van der Waals surface area contributed by atoms with Crippen LogP contribution in [-0.4, -0.2) is 29.0 Å². The van der Waals surface area contributed by atoms with E-state index in [-0.39, 0.29) is 24.3 Å². The summed E-state index contributed by atoms with van der Waals surface area (Å²) >= 11 is 0. The minimum Gasteiger partial charge on any atom is -0.489 e. The molecule has 0 amide bonds. The number of nitrogens with zero attached hydrogens (tertiary/aromatic N) is 1. The zero-order chi connectivity index (χ0) is 24.9. The third-order valence-corrected chi connectivity index (χ3v) is 4.34. The van der Waals surface area contributed by atoms with Crippen molar-refractivity contribution in [2.75, 3.05) is 0 Å². The topological polar surface area (TPSA) is 91.0 Å². The monoisotopic (exact) mass is 491 g/mol. The van der Waals surface area contributed by atoms with Gasteiger partial charge in [0.05, 0.1) is 12.1 Å². The molecule has 0 aliphatic heterocycles. The lowest BCUT2D eigenvalue weighted by atomic mass is 9.92. The van der Waals surface area contributed by atoms with Crippen molar-refractivity contribution in [2.45, 2.75) is 31.7 Å². The van der Waals surface area contributed by atoms with Gasteiger partial charge in [-0.05, 0) is 35.4 Å². The lowest BCUT2D eigenvalue weighted by Crippen LogP contribution is -2.21. The van der Waals surface area contributed by atoms with Gasteiger partial charge in [0.15, 0.2) is 11.5 Å². The van der Waals surface area contributed by atoms with E-state index in [1.54, 1.807) is 12.1 Å². The molecule has 182 valence electrons. The van der Waals surface area contributed by atoms with Gasteiger partial charge in [0, 0.05) is 12.0 Å². The molecule has 3 rings (SSSR count). The van der Waals surface area contributed by atoms with Crippen LogP contribution >= 0.6 is 0 Å². The molecule has 3 aromatic rings. The van der Waals surface area contributed by atoms with Gasteiger partial charge in [0.2, 0.25) is 0 Å². The molecule has 0 saturated carbocycles. The summed E-state index contributed by atoms with van der Waals surface area (Å²) in [4.78, 5) is 11.2. The number of aliphatic carboxylic acids is 1. The Morgan fingerprint density at radius 2 is 1.59 bits per heavy atom. The number of rotatable bonds is 9. The maximum Gasteiger partial charge on any atom is 0.573 e. The van der Waals surface area contributed by atoms with Gasteiger partial charge in [-0.1, -0.05) is 23.4 Å². The highest BCUT2D eigenvalue weighted by Crippen LogP contribution is 2.36. The highest BCUT2D eigenvalue weighted by atomic mass is 19.4. The Morgan fingerprint density at radius 3 is 2.15 bits per heavy atom. The van der Waals surface area contributed by atoms with Crippen LogP contribution in [0, 0.1) is 0 Å². The van der Waals surface area contributed by atoms with Crippen LogP contribution in [-0.2, 0) is 11.4 Å². The molecule has 2 aromatic carbocycles. The van der Waals surface area contributed by atoms with E-state index in [1.807, 2.05) is 0 Å². The molecule has 1 aromatic heterocycles. The molecular formula is C21H15F6NO6. The van der Waals surface area contributed by atoms with Gasteiger partial charge in [0.25, 0.3) is 0 Å². The van der Waals surface area contributed by atoms with Gasteiger partial charge in [-0.2, -0.15) is 0 Å². The SMILES string of the molecule is O=C(O)C[C@@H](c1ccc(OCc2ccc(OC(F)(F)F)c(OC(F)(F)F)c2)cc1)c1ccon1. The second-order valence-electron chi connectivity index (χ2n) is 6.81. The fraction of sp³-hybridized carbons (Fsp3) is 0.238. The molecule has 0 aliphatic carbocycles. The summed E-state index contributed by atoms with van der Waals surface area (Å²) in [5.41, 5.74) is 1.08. The minimum atomic E-state index is -5.24. The average molecular weight is 491 g/mol. The summed E-state index contributed by atoms with van der Waals surface area (Å²) in [6, 6.07) is 10.2. The number of hydrogen-bond donors (Lipinski definition) is 1. The Morgan fingerprint density at radius 1 is 0.941 bits per heavy atom. The average Bonchev–Trinajstić information content (AvgIpc) is 3.25. The molecule has 0 spiro atoms. The molecule has 0 radical (unpaired) electrons. The van der Waals surface area contributed by atoms with Crippen molar-refractivity contribution < 1.29 is 55.0 Å². The largest absolute Gasteiger partial charge is 0.573 e. The van der Waals surface area contributed by atoms with E-state index in [0.29, 0.717) is 17.3 Å². The standard InChI is InChI=1S/C21H15F6NO6/c22-20(23,24)33-17-6-1-12(9-18(17)34-21(25,26)27)11-31-14-4-2-13(3-5-14)15(10-19(29)30)16-7-8-32-28-16/h1-9,15H,10-11H2,(H,29,30)/t15-/m0/s1.